The number of anilines is 2. The molecule has 0 aromatic heterocycles. The van der Waals surface area contributed by atoms with Crippen molar-refractivity contribution in [1.29, 1.82) is 0 Å². The number of nitrogens with two attached hydrogens (primary N) is 1. The summed E-state index contributed by atoms with van der Waals surface area (Å²) in [5.41, 5.74) is 10.6. The van der Waals surface area contributed by atoms with Crippen molar-refractivity contribution in [2.75, 3.05) is 64.1 Å². The molecule has 2 saturated heterocycles. The Morgan fingerprint density at radius 2 is 1.57 bits per heavy atom. The highest BCUT2D eigenvalue weighted by Gasteiger charge is 2.27. The van der Waals surface area contributed by atoms with Crippen LogP contribution >= 0.6 is 0 Å². The van der Waals surface area contributed by atoms with Crippen molar-refractivity contribution >= 4 is 11.4 Å². The van der Waals surface area contributed by atoms with E-state index in [1.54, 1.807) is 7.11 Å². The zero-order valence-corrected chi connectivity index (χ0v) is 17.1. The number of hydrogen-bond acceptors (Lipinski definition) is 5. The van der Waals surface area contributed by atoms with Gasteiger partial charge in [0.2, 0.25) is 0 Å². The van der Waals surface area contributed by atoms with Crippen LogP contribution in [0, 0.1) is 0 Å². The molecule has 2 aliphatic rings. The standard InChI is InChI=1S/C23H32N4O/c1-25-13-15-26(16-14-25)20-9-11-27(12-10-20)23-8-5-19(24)17-22(23)18-3-6-21(28-2)7-4-18/h3-8,17,20H,9-16,24H2,1-2H3. The summed E-state index contributed by atoms with van der Waals surface area (Å²) in [6, 6.07) is 15.3. The van der Waals surface area contributed by atoms with Gasteiger partial charge in [0.25, 0.3) is 0 Å². The van der Waals surface area contributed by atoms with Crippen LogP contribution in [-0.4, -0.2) is 69.3 Å². The van der Waals surface area contributed by atoms with Crippen molar-refractivity contribution in [3.05, 3.63) is 42.5 Å². The molecule has 28 heavy (non-hydrogen) atoms. The summed E-state index contributed by atoms with van der Waals surface area (Å²) in [6.45, 7) is 7.01. The molecule has 0 aliphatic carbocycles. The van der Waals surface area contributed by atoms with Gasteiger partial charge in [-0.25, -0.2) is 0 Å². The van der Waals surface area contributed by atoms with Crippen molar-refractivity contribution in [1.82, 2.24) is 9.80 Å². The molecule has 5 heteroatoms. The van der Waals surface area contributed by atoms with E-state index in [4.69, 9.17) is 10.5 Å². The lowest BCUT2D eigenvalue weighted by atomic mass is 9.98. The average Bonchev–Trinajstić information content (AvgIpc) is 2.74. The molecule has 2 aromatic rings. The van der Waals surface area contributed by atoms with E-state index >= 15 is 0 Å². The lowest BCUT2D eigenvalue weighted by Gasteiger charge is -2.43. The zero-order valence-electron chi connectivity index (χ0n) is 17.1. The number of rotatable bonds is 4. The summed E-state index contributed by atoms with van der Waals surface area (Å²) >= 11 is 0. The van der Waals surface area contributed by atoms with Crippen molar-refractivity contribution in [3.8, 4) is 16.9 Å². The third kappa shape index (κ3) is 4.10. The van der Waals surface area contributed by atoms with E-state index in [1.165, 1.54) is 55.8 Å². The molecule has 2 aliphatic heterocycles. The van der Waals surface area contributed by atoms with Gasteiger partial charge in [-0.3, -0.25) is 4.90 Å². The fourth-order valence-corrected chi connectivity index (χ4v) is 4.49. The van der Waals surface area contributed by atoms with Crippen molar-refractivity contribution in [2.45, 2.75) is 18.9 Å². The number of methoxy groups -OCH3 is 1. The average molecular weight is 381 g/mol. The molecule has 150 valence electrons. The maximum Gasteiger partial charge on any atom is 0.118 e. The van der Waals surface area contributed by atoms with Gasteiger partial charge in [-0.2, -0.15) is 0 Å². The highest BCUT2D eigenvalue weighted by atomic mass is 16.5. The smallest absolute Gasteiger partial charge is 0.118 e. The second-order valence-corrected chi connectivity index (χ2v) is 8.06. The minimum atomic E-state index is 0.725. The van der Waals surface area contributed by atoms with Crippen LogP contribution in [0.25, 0.3) is 11.1 Å². The van der Waals surface area contributed by atoms with Crippen LogP contribution in [-0.2, 0) is 0 Å². The van der Waals surface area contributed by atoms with Crippen LogP contribution in [0.1, 0.15) is 12.8 Å². The van der Waals surface area contributed by atoms with E-state index in [0.717, 1.165) is 30.6 Å². The summed E-state index contributed by atoms with van der Waals surface area (Å²) < 4.78 is 5.31. The van der Waals surface area contributed by atoms with E-state index in [-0.39, 0.29) is 0 Å². The summed E-state index contributed by atoms with van der Waals surface area (Å²) in [6.07, 6.45) is 2.46. The number of benzene rings is 2. The van der Waals surface area contributed by atoms with Gasteiger partial charge in [0, 0.05) is 62.2 Å². The number of nitrogens with zero attached hydrogens (tertiary/aromatic N) is 3. The molecule has 0 atom stereocenters. The normalized spacial score (nSPS) is 19.7. The minimum Gasteiger partial charge on any atom is -0.497 e. The van der Waals surface area contributed by atoms with Crippen LogP contribution in [0.4, 0.5) is 11.4 Å². The molecule has 2 aromatic carbocycles. The maximum atomic E-state index is 6.13. The van der Waals surface area contributed by atoms with Gasteiger partial charge in [-0.15, -0.1) is 0 Å². The quantitative estimate of drug-likeness (QED) is 0.826. The molecule has 4 rings (SSSR count). The minimum absolute atomic E-state index is 0.725. The summed E-state index contributed by atoms with van der Waals surface area (Å²) in [5, 5.41) is 0. The van der Waals surface area contributed by atoms with Crippen LogP contribution in [0.5, 0.6) is 5.75 Å². The topological polar surface area (TPSA) is 45.0 Å². The third-order valence-electron chi connectivity index (χ3n) is 6.28. The molecule has 5 nitrogen and oxygen atoms in total. The summed E-state index contributed by atoms with van der Waals surface area (Å²) in [7, 11) is 3.92. The number of piperazine rings is 1. The molecule has 0 radical (unpaired) electrons. The van der Waals surface area contributed by atoms with E-state index in [2.05, 4.69) is 46.0 Å². The first-order chi connectivity index (χ1) is 13.6. The molecular formula is C23H32N4O. The first-order valence-electron chi connectivity index (χ1n) is 10.4. The van der Waals surface area contributed by atoms with Gasteiger partial charge in [0.05, 0.1) is 7.11 Å². The first kappa shape index (κ1) is 19.1. The Hall–Kier alpha value is -2.24. The Morgan fingerprint density at radius 1 is 0.893 bits per heavy atom. The molecule has 0 unspecified atom stereocenters. The number of nitrogen functional groups attached to an aromatic ring is 1. The van der Waals surface area contributed by atoms with Gasteiger partial charge < -0.3 is 20.3 Å². The Kier molecular flexibility index (Phi) is 5.74. The predicted octanol–water partition coefficient (Wildman–Crippen LogP) is 3.16. The zero-order chi connectivity index (χ0) is 19.5. The molecule has 2 N–H and O–H groups in total. The van der Waals surface area contributed by atoms with E-state index in [9.17, 15) is 0 Å². The van der Waals surface area contributed by atoms with Crippen molar-refractivity contribution in [2.24, 2.45) is 0 Å². The number of hydrogen-bond donors (Lipinski definition) is 1. The molecule has 0 bridgehead atoms. The van der Waals surface area contributed by atoms with Crippen LogP contribution in [0.2, 0.25) is 0 Å². The highest BCUT2D eigenvalue weighted by molar-refractivity contribution is 5.81. The van der Waals surface area contributed by atoms with Crippen molar-refractivity contribution in [3.63, 3.8) is 0 Å². The molecular weight excluding hydrogens is 348 g/mol. The monoisotopic (exact) mass is 380 g/mol. The fraction of sp³-hybridized carbons (Fsp3) is 0.478. The second-order valence-electron chi connectivity index (χ2n) is 8.06. The van der Waals surface area contributed by atoms with Gasteiger partial charge in [-0.1, -0.05) is 12.1 Å². The van der Waals surface area contributed by atoms with Gasteiger partial charge in [-0.05, 0) is 55.8 Å². The summed E-state index contributed by atoms with van der Waals surface area (Å²) in [4.78, 5) is 7.66. The molecule has 2 fully saturated rings. The fourth-order valence-electron chi connectivity index (χ4n) is 4.49. The maximum absolute atomic E-state index is 6.13. The largest absolute Gasteiger partial charge is 0.497 e. The lowest BCUT2D eigenvalue weighted by Crippen LogP contribution is -2.52. The van der Waals surface area contributed by atoms with Crippen LogP contribution in [0.3, 0.4) is 0 Å². The van der Waals surface area contributed by atoms with E-state index in [0.29, 0.717) is 0 Å². The number of likely N-dealkylation sites (N-methyl/N-ethyl adjacent to an activating group) is 1. The Bertz CT molecular complexity index is 776. The number of piperidine rings is 1. The van der Waals surface area contributed by atoms with E-state index < -0.39 is 0 Å². The Balaban J connectivity index is 1.49. The van der Waals surface area contributed by atoms with Gasteiger partial charge >= 0.3 is 0 Å². The molecule has 0 saturated carbocycles. The highest BCUT2D eigenvalue weighted by Crippen LogP contribution is 2.35. The first-order valence-corrected chi connectivity index (χ1v) is 10.4. The lowest BCUT2D eigenvalue weighted by molar-refractivity contribution is 0.0982. The SMILES string of the molecule is COc1ccc(-c2cc(N)ccc2N2CCC(N3CCN(C)CC3)CC2)cc1. The van der Waals surface area contributed by atoms with Crippen LogP contribution in [0.15, 0.2) is 42.5 Å². The summed E-state index contributed by atoms with van der Waals surface area (Å²) in [5.74, 6) is 0.877. The Labute approximate surface area is 168 Å². The number of ether oxygens (including phenoxy) is 1. The second kappa shape index (κ2) is 8.41. The van der Waals surface area contributed by atoms with Crippen molar-refractivity contribution < 1.29 is 4.74 Å². The molecule has 2 heterocycles. The molecule has 0 amide bonds. The predicted molar refractivity (Wildman–Crippen MR) is 117 cm³/mol. The van der Waals surface area contributed by atoms with Gasteiger partial charge in [0.15, 0.2) is 0 Å². The third-order valence-corrected chi connectivity index (χ3v) is 6.28. The Morgan fingerprint density at radius 3 is 2.21 bits per heavy atom. The van der Waals surface area contributed by atoms with Gasteiger partial charge in [0.1, 0.15) is 5.75 Å². The van der Waals surface area contributed by atoms with Crippen LogP contribution < -0.4 is 15.4 Å². The molecule has 0 spiro atoms. The van der Waals surface area contributed by atoms with E-state index in [1.807, 2.05) is 18.2 Å².